The van der Waals surface area contributed by atoms with Crippen LogP contribution in [0.15, 0.2) is 6.20 Å². The predicted molar refractivity (Wildman–Crippen MR) is 67.8 cm³/mol. The van der Waals surface area contributed by atoms with E-state index in [0.717, 1.165) is 0 Å². The number of carbonyl (C=O) groups is 2. The number of nitrogens with zero attached hydrogens (tertiary/aromatic N) is 1. The van der Waals surface area contributed by atoms with E-state index in [0.29, 0.717) is 12.5 Å². The molecule has 1 aromatic heterocycles. The fourth-order valence-electron chi connectivity index (χ4n) is 1.27. The molecule has 100 valence electrons. The van der Waals surface area contributed by atoms with Crippen molar-refractivity contribution in [2.45, 2.75) is 26.8 Å². The van der Waals surface area contributed by atoms with Gasteiger partial charge in [-0.15, -0.1) is 0 Å². The van der Waals surface area contributed by atoms with E-state index in [1.54, 1.807) is 6.92 Å². The van der Waals surface area contributed by atoms with E-state index in [-0.39, 0.29) is 17.3 Å². The van der Waals surface area contributed by atoms with Crippen LogP contribution in [-0.2, 0) is 4.79 Å². The SMILES string of the molecule is CC(C)CNC(=O)C(C)NC(=O)c1[nH]ncc1N. The summed E-state index contributed by atoms with van der Waals surface area (Å²) < 4.78 is 0. The highest BCUT2D eigenvalue weighted by molar-refractivity contribution is 5.99. The number of nitrogen functional groups attached to an aromatic ring is 1. The number of anilines is 1. The Morgan fingerprint density at radius 3 is 2.61 bits per heavy atom. The summed E-state index contributed by atoms with van der Waals surface area (Å²) in [5.41, 5.74) is 5.95. The van der Waals surface area contributed by atoms with Gasteiger partial charge in [0, 0.05) is 6.54 Å². The van der Waals surface area contributed by atoms with Gasteiger partial charge in [0.2, 0.25) is 5.91 Å². The highest BCUT2D eigenvalue weighted by Gasteiger charge is 2.18. The first-order valence-corrected chi connectivity index (χ1v) is 5.79. The van der Waals surface area contributed by atoms with Crippen LogP contribution in [0.1, 0.15) is 31.3 Å². The molecule has 1 rings (SSSR count). The molecule has 1 atom stereocenters. The molecule has 0 saturated carbocycles. The van der Waals surface area contributed by atoms with Gasteiger partial charge in [0.05, 0.1) is 11.9 Å². The van der Waals surface area contributed by atoms with Crippen molar-refractivity contribution >= 4 is 17.5 Å². The Morgan fingerprint density at radius 2 is 2.11 bits per heavy atom. The van der Waals surface area contributed by atoms with Crippen LogP contribution in [0.4, 0.5) is 5.69 Å². The Kier molecular flexibility index (Phi) is 4.70. The number of H-pyrrole nitrogens is 1. The molecule has 2 amide bonds. The summed E-state index contributed by atoms with van der Waals surface area (Å²) in [5, 5.41) is 11.4. The first-order chi connectivity index (χ1) is 8.41. The topological polar surface area (TPSA) is 113 Å². The zero-order valence-corrected chi connectivity index (χ0v) is 10.8. The zero-order chi connectivity index (χ0) is 13.7. The lowest BCUT2D eigenvalue weighted by Crippen LogP contribution is -2.45. The maximum atomic E-state index is 11.7. The molecule has 5 N–H and O–H groups in total. The minimum Gasteiger partial charge on any atom is -0.396 e. The van der Waals surface area contributed by atoms with E-state index in [1.165, 1.54) is 6.20 Å². The number of amides is 2. The Bertz CT molecular complexity index is 427. The highest BCUT2D eigenvalue weighted by Crippen LogP contribution is 2.05. The van der Waals surface area contributed by atoms with Gasteiger partial charge >= 0.3 is 0 Å². The van der Waals surface area contributed by atoms with Crippen LogP contribution in [0.5, 0.6) is 0 Å². The molecule has 0 bridgehead atoms. The zero-order valence-electron chi connectivity index (χ0n) is 10.8. The normalized spacial score (nSPS) is 12.2. The average Bonchev–Trinajstić information content (AvgIpc) is 2.72. The van der Waals surface area contributed by atoms with Crippen LogP contribution in [0.25, 0.3) is 0 Å². The van der Waals surface area contributed by atoms with Crippen molar-refractivity contribution in [2.24, 2.45) is 5.92 Å². The third-order valence-corrected chi connectivity index (χ3v) is 2.32. The molecule has 1 unspecified atom stereocenters. The quantitative estimate of drug-likeness (QED) is 0.586. The van der Waals surface area contributed by atoms with Gasteiger partial charge in [0.25, 0.3) is 5.91 Å². The lowest BCUT2D eigenvalue weighted by Gasteiger charge is -2.14. The Hall–Kier alpha value is -2.05. The highest BCUT2D eigenvalue weighted by atomic mass is 16.2. The first kappa shape index (κ1) is 14.0. The molecular weight excluding hydrogens is 234 g/mol. The molecule has 0 aromatic carbocycles. The predicted octanol–water partition coefficient (Wildman–Crippen LogP) is -0.118. The van der Waals surface area contributed by atoms with Crippen LogP contribution >= 0.6 is 0 Å². The Balaban J connectivity index is 2.49. The number of hydrogen-bond donors (Lipinski definition) is 4. The molecule has 0 aliphatic carbocycles. The second kappa shape index (κ2) is 6.04. The monoisotopic (exact) mass is 253 g/mol. The summed E-state index contributed by atoms with van der Waals surface area (Å²) in [4.78, 5) is 23.4. The van der Waals surface area contributed by atoms with E-state index in [9.17, 15) is 9.59 Å². The molecule has 0 spiro atoms. The molecule has 0 aliphatic rings. The van der Waals surface area contributed by atoms with E-state index in [4.69, 9.17) is 5.73 Å². The number of carbonyl (C=O) groups excluding carboxylic acids is 2. The summed E-state index contributed by atoms with van der Waals surface area (Å²) >= 11 is 0. The number of nitrogens with one attached hydrogen (secondary N) is 3. The molecule has 1 aromatic rings. The molecule has 7 nitrogen and oxygen atoms in total. The van der Waals surface area contributed by atoms with Crippen molar-refractivity contribution in [2.75, 3.05) is 12.3 Å². The maximum Gasteiger partial charge on any atom is 0.272 e. The summed E-state index contributed by atoms with van der Waals surface area (Å²) in [5.74, 6) is -0.313. The van der Waals surface area contributed by atoms with Crippen LogP contribution in [-0.4, -0.2) is 34.6 Å². The maximum absolute atomic E-state index is 11.7. The van der Waals surface area contributed by atoms with Crippen molar-refractivity contribution in [3.63, 3.8) is 0 Å². The van der Waals surface area contributed by atoms with Crippen LogP contribution < -0.4 is 16.4 Å². The van der Waals surface area contributed by atoms with Crippen molar-refractivity contribution in [1.82, 2.24) is 20.8 Å². The van der Waals surface area contributed by atoms with Gasteiger partial charge in [0.1, 0.15) is 11.7 Å². The average molecular weight is 253 g/mol. The second-order valence-electron chi connectivity index (χ2n) is 4.53. The van der Waals surface area contributed by atoms with Gasteiger partial charge < -0.3 is 16.4 Å². The summed E-state index contributed by atoms with van der Waals surface area (Å²) in [7, 11) is 0. The molecule has 1 heterocycles. The van der Waals surface area contributed by atoms with Crippen LogP contribution in [0.3, 0.4) is 0 Å². The van der Waals surface area contributed by atoms with Crippen molar-refractivity contribution in [1.29, 1.82) is 0 Å². The largest absolute Gasteiger partial charge is 0.396 e. The van der Waals surface area contributed by atoms with Crippen molar-refractivity contribution in [3.05, 3.63) is 11.9 Å². The molecular formula is C11H19N5O2. The third kappa shape index (κ3) is 3.76. The summed E-state index contributed by atoms with van der Waals surface area (Å²) in [6, 6.07) is -0.626. The van der Waals surface area contributed by atoms with E-state index in [1.807, 2.05) is 13.8 Å². The van der Waals surface area contributed by atoms with E-state index in [2.05, 4.69) is 20.8 Å². The number of hydrogen-bond acceptors (Lipinski definition) is 4. The number of nitrogens with two attached hydrogens (primary N) is 1. The molecule has 0 radical (unpaired) electrons. The van der Waals surface area contributed by atoms with Gasteiger partial charge in [-0.3, -0.25) is 14.7 Å². The molecule has 0 fully saturated rings. The molecule has 7 heteroatoms. The Morgan fingerprint density at radius 1 is 1.44 bits per heavy atom. The van der Waals surface area contributed by atoms with Gasteiger partial charge in [-0.1, -0.05) is 13.8 Å². The van der Waals surface area contributed by atoms with Gasteiger partial charge in [0.15, 0.2) is 0 Å². The van der Waals surface area contributed by atoms with Crippen LogP contribution in [0.2, 0.25) is 0 Å². The van der Waals surface area contributed by atoms with Gasteiger partial charge in [-0.05, 0) is 12.8 Å². The van der Waals surface area contributed by atoms with E-state index < -0.39 is 11.9 Å². The first-order valence-electron chi connectivity index (χ1n) is 5.79. The molecule has 0 aliphatic heterocycles. The van der Waals surface area contributed by atoms with Gasteiger partial charge in [-0.2, -0.15) is 5.10 Å². The summed E-state index contributed by atoms with van der Waals surface area (Å²) in [6.07, 6.45) is 1.35. The number of aromatic nitrogens is 2. The van der Waals surface area contributed by atoms with Crippen LogP contribution in [0, 0.1) is 5.92 Å². The fraction of sp³-hybridized carbons (Fsp3) is 0.545. The fourth-order valence-corrected chi connectivity index (χ4v) is 1.27. The Labute approximate surface area is 106 Å². The third-order valence-electron chi connectivity index (χ3n) is 2.32. The standard InChI is InChI=1S/C11H19N5O2/c1-6(2)4-13-10(17)7(3)15-11(18)9-8(12)5-14-16-9/h5-7H,4,12H2,1-3H3,(H,13,17)(H,14,16)(H,15,18). The van der Waals surface area contributed by atoms with Gasteiger partial charge in [-0.25, -0.2) is 0 Å². The second-order valence-corrected chi connectivity index (χ2v) is 4.53. The lowest BCUT2D eigenvalue weighted by atomic mass is 10.2. The lowest BCUT2D eigenvalue weighted by molar-refractivity contribution is -0.122. The number of aromatic amines is 1. The minimum absolute atomic E-state index is 0.165. The minimum atomic E-state index is -0.626. The summed E-state index contributed by atoms with van der Waals surface area (Å²) in [6.45, 7) is 6.18. The van der Waals surface area contributed by atoms with Crippen molar-refractivity contribution in [3.8, 4) is 0 Å². The van der Waals surface area contributed by atoms with E-state index >= 15 is 0 Å². The molecule has 0 saturated heterocycles. The van der Waals surface area contributed by atoms with Crippen molar-refractivity contribution < 1.29 is 9.59 Å². The smallest absolute Gasteiger partial charge is 0.272 e. The molecule has 18 heavy (non-hydrogen) atoms. The number of rotatable bonds is 5.